The van der Waals surface area contributed by atoms with E-state index in [1.165, 1.54) is 12.1 Å². The second-order valence-corrected chi connectivity index (χ2v) is 3.61. The Kier molecular flexibility index (Phi) is 3.22. The van der Waals surface area contributed by atoms with Crippen LogP contribution in [0.4, 0.5) is 4.39 Å². The molecule has 2 rings (SSSR count). The van der Waals surface area contributed by atoms with Gasteiger partial charge in [0.1, 0.15) is 0 Å². The Bertz CT molecular complexity index is 454. The van der Waals surface area contributed by atoms with Crippen molar-refractivity contribution in [3.63, 3.8) is 0 Å². The first-order valence-corrected chi connectivity index (χ1v) is 5.05. The van der Waals surface area contributed by atoms with Gasteiger partial charge in [-0.25, -0.2) is 4.39 Å². The molecule has 4 heteroatoms. The minimum Gasteiger partial charge on any atom is -0.505 e. The van der Waals surface area contributed by atoms with Gasteiger partial charge >= 0.3 is 0 Å². The predicted molar refractivity (Wildman–Crippen MR) is 59.4 cm³/mol. The van der Waals surface area contributed by atoms with Gasteiger partial charge in [-0.3, -0.25) is 0 Å². The van der Waals surface area contributed by atoms with E-state index in [1.807, 2.05) is 18.5 Å². The smallest absolute Gasteiger partial charge is 0.165 e. The second kappa shape index (κ2) is 4.81. The molecule has 1 heterocycles. The van der Waals surface area contributed by atoms with Gasteiger partial charge in [0.25, 0.3) is 0 Å². The summed E-state index contributed by atoms with van der Waals surface area (Å²) in [5.74, 6) is -0.893. The number of nitrogens with one attached hydrogen (secondary N) is 2. The number of aromatic amines is 1. The maximum Gasteiger partial charge on any atom is 0.165 e. The molecule has 0 saturated carbocycles. The van der Waals surface area contributed by atoms with Gasteiger partial charge in [-0.2, -0.15) is 0 Å². The monoisotopic (exact) mass is 220 g/mol. The Labute approximate surface area is 92.9 Å². The van der Waals surface area contributed by atoms with Crippen LogP contribution in [0.5, 0.6) is 5.75 Å². The van der Waals surface area contributed by atoms with E-state index in [0.717, 1.165) is 17.7 Å². The average Bonchev–Trinajstić information content (AvgIpc) is 2.76. The van der Waals surface area contributed by atoms with Crippen molar-refractivity contribution in [2.24, 2.45) is 0 Å². The summed E-state index contributed by atoms with van der Waals surface area (Å²) in [6.45, 7) is 1.30. The summed E-state index contributed by atoms with van der Waals surface area (Å²) >= 11 is 0. The molecule has 0 atom stereocenters. The van der Waals surface area contributed by atoms with Crippen LogP contribution in [-0.4, -0.2) is 10.1 Å². The number of aromatic hydroxyl groups is 1. The third-order valence-corrected chi connectivity index (χ3v) is 2.33. The van der Waals surface area contributed by atoms with E-state index in [9.17, 15) is 4.39 Å². The molecule has 0 spiro atoms. The maximum absolute atomic E-state index is 13.0. The first-order chi connectivity index (χ1) is 7.75. The van der Waals surface area contributed by atoms with Crippen molar-refractivity contribution in [1.29, 1.82) is 0 Å². The Morgan fingerprint density at radius 3 is 2.69 bits per heavy atom. The van der Waals surface area contributed by atoms with Crippen LogP contribution in [0.2, 0.25) is 0 Å². The van der Waals surface area contributed by atoms with Gasteiger partial charge in [0, 0.05) is 25.5 Å². The SMILES string of the molecule is Oc1ccc(CNCc2cc[nH]c2)cc1F. The average molecular weight is 220 g/mol. The zero-order valence-electron chi connectivity index (χ0n) is 8.70. The quantitative estimate of drug-likeness (QED) is 0.739. The van der Waals surface area contributed by atoms with Crippen LogP contribution in [0.25, 0.3) is 0 Å². The van der Waals surface area contributed by atoms with Gasteiger partial charge < -0.3 is 15.4 Å². The van der Waals surface area contributed by atoms with Crippen molar-refractivity contribution in [3.05, 3.63) is 53.6 Å². The number of H-pyrrole nitrogens is 1. The van der Waals surface area contributed by atoms with Gasteiger partial charge in [-0.05, 0) is 29.3 Å². The third-order valence-electron chi connectivity index (χ3n) is 2.33. The number of hydrogen-bond acceptors (Lipinski definition) is 2. The minimum atomic E-state index is -0.582. The fourth-order valence-corrected chi connectivity index (χ4v) is 1.48. The van der Waals surface area contributed by atoms with Crippen molar-refractivity contribution in [2.45, 2.75) is 13.1 Å². The molecule has 0 saturated heterocycles. The highest BCUT2D eigenvalue weighted by Crippen LogP contribution is 2.15. The number of benzene rings is 1. The van der Waals surface area contributed by atoms with Crippen molar-refractivity contribution in [2.75, 3.05) is 0 Å². The highest BCUT2D eigenvalue weighted by molar-refractivity contribution is 5.27. The first-order valence-electron chi connectivity index (χ1n) is 5.05. The van der Waals surface area contributed by atoms with Crippen molar-refractivity contribution >= 4 is 0 Å². The second-order valence-electron chi connectivity index (χ2n) is 3.61. The first kappa shape index (κ1) is 10.7. The molecule has 1 aromatic carbocycles. The molecule has 0 amide bonds. The highest BCUT2D eigenvalue weighted by atomic mass is 19.1. The standard InChI is InChI=1S/C12H13FN2O/c13-11-5-9(1-2-12(11)16)6-15-8-10-3-4-14-7-10/h1-5,7,14-16H,6,8H2. The molecule has 1 aromatic heterocycles. The van der Waals surface area contributed by atoms with Gasteiger partial charge in [0.2, 0.25) is 0 Å². The molecule has 3 nitrogen and oxygen atoms in total. The van der Waals surface area contributed by atoms with Crippen LogP contribution < -0.4 is 5.32 Å². The molecule has 0 unspecified atom stereocenters. The number of halogens is 1. The summed E-state index contributed by atoms with van der Waals surface area (Å²) in [5.41, 5.74) is 1.96. The fourth-order valence-electron chi connectivity index (χ4n) is 1.48. The topological polar surface area (TPSA) is 48.0 Å². The predicted octanol–water partition coefficient (Wildman–Crippen LogP) is 2.15. The van der Waals surface area contributed by atoms with Gasteiger partial charge in [0.05, 0.1) is 0 Å². The van der Waals surface area contributed by atoms with E-state index in [4.69, 9.17) is 5.11 Å². The van der Waals surface area contributed by atoms with Crippen molar-refractivity contribution in [1.82, 2.24) is 10.3 Å². The van der Waals surface area contributed by atoms with Crippen LogP contribution in [-0.2, 0) is 13.1 Å². The lowest BCUT2D eigenvalue weighted by Gasteiger charge is -2.04. The van der Waals surface area contributed by atoms with Crippen molar-refractivity contribution in [3.8, 4) is 5.75 Å². The van der Waals surface area contributed by atoms with Crippen LogP contribution in [0.1, 0.15) is 11.1 Å². The highest BCUT2D eigenvalue weighted by Gasteiger charge is 2.01. The van der Waals surface area contributed by atoms with E-state index in [2.05, 4.69) is 10.3 Å². The van der Waals surface area contributed by atoms with E-state index < -0.39 is 5.82 Å². The van der Waals surface area contributed by atoms with Gasteiger partial charge in [-0.1, -0.05) is 6.07 Å². The minimum absolute atomic E-state index is 0.311. The lowest BCUT2D eigenvalue weighted by atomic mass is 10.2. The zero-order chi connectivity index (χ0) is 11.4. The van der Waals surface area contributed by atoms with E-state index >= 15 is 0 Å². The molecular weight excluding hydrogens is 207 g/mol. The molecule has 0 aliphatic heterocycles. The number of aromatic nitrogens is 1. The molecule has 84 valence electrons. The third kappa shape index (κ3) is 2.61. The number of rotatable bonds is 4. The fraction of sp³-hybridized carbons (Fsp3) is 0.167. The molecular formula is C12H13FN2O. The summed E-state index contributed by atoms with van der Waals surface area (Å²) in [4.78, 5) is 2.96. The molecule has 2 aromatic rings. The molecule has 0 bridgehead atoms. The Morgan fingerprint density at radius 1 is 1.19 bits per heavy atom. The lowest BCUT2D eigenvalue weighted by molar-refractivity contribution is 0.431. The van der Waals surface area contributed by atoms with Crippen LogP contribution in [0.3, 0.4) is 0 Å². The molecule has 16 heavy (non-hydrogen) atoms. The van der Waals surface area contributed by atoms with Crippen molar-refractivity contribution < 1.29 is 9.50 Å². The van der Waals surface area contributed by atoms with E-state index in [1.54, 1.807) is 6.07 Å². The Morgan fingerprint density at radius 2 is 2.00 bits per heavy atom. The number of phenols is 1. The molecule has 0 aliphatic rings. The number of phenolic OH excluding ortho intramolecular Hbond substituents is 1. The Hall–Kier alpha value is -1.81. The normalized spacial score (nSPS) is 10.6. The summed E-state index contributed by atoms with van der Waals surface area (Å²) in [6, 6.07) is 6.37. The van der Waals surface area contributed by atoms with Gasteiger partial charge in [-0.15, -0.1) is 0 Å². The Balaban J connectivity index is 1.87. The summed E-state index contributed by atoms with van der Waals surface area (Å²) < 4.78 is 13.0. The zero-order valence-corrected chi connectivity index (χ0v) is 8.70. The maximum atomic E-state index is 13.0. The lowest BCUT2D eigenvalue weighted by Crippen LogP contribution is -2.12. The molecule has 0 aliphatic carbocycles. The van der Waals surface area contributed by atoms with Gasteiger partial charge in [0.15, 0.2) is 11.6 Å². The van der Waals surface area contributed by atoms with Crippen LogP contribution in [0, 0.1) is 5.82 Å². The van der Waals surface area contributed by atoms with E-state index in [0.29, 0.717) is 6.54 Å². The summed E-state index contributed by atoms with van der Waals surface area (Å²) in [5, 5.41) is 12.2. The molecule has 0 fully saturated rings. The van der Waals surface area contributed by atoms with E-state index in [-0.39, 0.29) is 5.75 Å². The van der Waals surface area contributed by atoms with Crippen LogP contribution in [0.15, 0.2) is 36.7 Å². The summed E-state index contributed by atoms with van der Waals surface area (Å²) in [6.07, 6.45) is 3.77. The van der Waals surface area contributed by atoms with Crippen LogP contribution >= 0.6 is 0 Å². The summed E-state index contributed by atoms with van der Waals surface area (Å²) in [7, 11) is 0. The number of hydrogen-bond donors (Lipinski definition) is 3. The largest absolute Gasteiger partial charge is 0.505 e. The molecule has 3 N–H and O–H groups in total. The molecule has 0 radical (unpaired) electrons.